The van der Waals surface area contributed by atoms with Crippen molar-refractivity contribution in [1.29, 1.82) is 0 Å². The molecule has 0 N–H and O–H groups in total. The van der Waals surface area contributed by atoms with Gasteiger partial charge in [0.05, 0.1) is 5.02 Å². The molecule has 0 saturated carbocycles. The third-order valence-corrected chi connectivity index (χ3v) is 2.82. The minimum absolute atomic E-state index is 0.379. The SMILES string of the molecule is Cc1ccc(Cl)c(OC(=O)C=Cc2ccccc2)c1. The predicted octanol–water partition coefficient (Wildman–Crippen LogP) is 4.27. The van der Waals surface area contributed by atoms with Gasteiger partial charge in [0, 0.05) is 6.08 Å². The van der Waals surface area contributed by atoms with E-state index in [1.54, 1.807) is 18.2 Å². The zero-order valence-electron chi connectivity index (χ0n) is 10.5. The molecule has 0 aliphatic heterocycles. The zero-order valence-corrected chi connectivity index (χ0v) is 11.2. The van der Waals surface area contributed by atoms with Gasteiger partial charge in [-0.2, -0.15) is 0 Å². The summed E-state index contributed by atoms with van der Waals surface area (Å²) in [6.07, 6.45) is 3.08. The van der Waals surface area contributed by atoms with E-state index in [0.29, 0.717) is 10.8 Å². The fourth-order valence-corrected chi connectivity index (χ4v) is 1.72. The first-order valence-electron chi connectivity index (χ1n) is 5.86. The van der Waals surface area contributed by atoms with Crippen molar-refractivity contribution in [3.05, 3.63) is 70.8 Å². The molecule has 0 aromatic heterocycles. The molecular weight excluding hydrogens is 260 g/mol. The van der Waals surface area contributed by atoms with E-state index >= 15 is 0 Å². The molecule has 19 heavy (non-hydrogen) atoms. The smallest absolute Gasteiger partial charge is 0.336 e. The summed E-state index contributed by atoms with van der Waals surface area (Å²) in [5.74, 6) is -0.0688. The van der Waals surface area contributed by atoms with Crippen LogP contribution in [-0.2, 0) is 4.79 Å². The lowest BCUT2D eigenvalue weighted by Crippen LogP contribution is -2.04. The number of aryl methyl sites for hydroxylation is 1. The Balaban J connectivity index is 2.06. The van der Waals surface area contributed by atoms with Crippen LogP contribution in [0.25, 0.3) is 6.08 Å². The van der Waals surface area contributed by atoms with Crippen LogP contribution < -0.4 is 4.74 Å². The van der Waals surface area contributed by atoms with Crippen molar-refractivity contribution in [3.63, 3.8) is 0 Å². The van der Waals surface area contributed by atoms with Gasteiger partial charge in [-0.05, 0) is 36.3 Å². The number of hydrogen-bond donors (Lipinski definition) is 0. The summed E-state index contributed by atoms with van der Waals surface area (Å²) in [6, 6.07) is 14.8. The third kappa shape index (κ3) is 3.97. The number of ether oxygens (including phenoxy) is 1. The van der Waals surface area contributed by atoms with Crippen LogP contribution in [0.4, 0.5) is 0 Å². The van der Waals surface area contributed by atoms with E-state index in [0.717, 1.165) is 11.1 Å². The summed E-state index contributed by atoms with van der Waals surface area (Å²) < 4.78 is 5.19. The molecule has 2 aromatic rings. The molecule has 0 saturated heterocycles. The fraction of sp³-hybridized carbons (Fsp3) is 0.0625. The van der Waals surface area contributed by atoms with Gasteiger partial charge < -0.3 is 4.74 Å². The third-order valence-electron chi connectivity index (χ3n) is 2.51. The van der Waals surface area contributed by atoms with Gasteiger partial charge in [0.2, 0.25) is 0 Å². The lowest BCUT2D eigenvalue weighted by atomic mass is 10.2. The normalized spacial score (nSPS) is 10.6. The molecule has 0 aliphatic rings. The highest BCUT2D eigenvalue weighted by Gasteiger charge is 2.05. The minimum atomic E-state index is -0.448. The number of carbonyl (C=O) groups is 1. The lowest BCUT2D eigenvalue weighted by Gasteiger charge is -2.04. The van der Waals surface area contributed by atoms with Crippen molar-refractivity contribution in [2.75, 3.05) is 0 Å². The maximum Gasteiger partial charge on any atom is 0.336 e. The number of esters is 1. The van der Waals surface area contributed by atoms with Gasteiger partial charge >= 0.3 is 5.97 Å². The van der Waals surface area contributed by atoms with E-state index in [2.05, 4.69) is 0 Å². The number of benzene rings is 2. The number of halogens is 1. The number of rotatable bonds is 3. The molecule has 2 rings (SSSR count). The summed E-state index contributed by atoms with van der Waals surface area (Å²) in [6.45, 7) is 1.91. The van der Waals surface area contributed by atoms with Crippen LogP contribution in [0.2, 0.25) is 5.02 Å². The highest BCUT2D eigenvalue weighted by molar-refractivity contribution is 6.32. The summed E-state index contributed by atoms with van der Waals surface area (Å²) in [4.78, 5) is 11.7. The van der Waals surface area contributed by atoms with Crippen LogP contribution in [0.3, 0.4) is 0 Å². The van der Waals surface area contributed by atoms with Crippen molar-refractivity contribution in [1.82, 2.24) is 0 Å². The van der Waals surface area contributed by atoms with Gasteiger partial charge in [-0.3, -0.25) is 0 Å². The molecular formula is C16H13ClO2. The quantitative estimate of drug-likeness (QED) is 0.474. The molecule has 2 aromatic carbocycles. The summed E-state index contributed by atoms with van der Waals surface area (Å²) in [5.41, 5.74) is 1.93. The van der Waals surface area contributed by atoms with Crippen molar-refractivity contribution in [2.24, 2.45) is 0 Å². The Hall–Kier alpha value is -2.06. The van der Waals surface area contributed by atoms with Crippen molar-refractivity contribution >= 4 is 23.6 Å². The van der Waals surface area contributed by atoms with E-state index in [9.17, 15) is 4.79 Å². The van der Waals surface area contributed by atoms with Gasteiger partial charge in [0.25, 0.3) is 0 Å². The average Bonchev–Trinajstić information content (AvgIpc) is 2.42. The minimum Gasteiger partial charge on any atom is -0.422 e. The monoisotopic (exact) mass is 272 g/mol. The Labute approximate surface area is 117 Å². The van der Waals surface area contributed by atoms with E-state index in [-0.39, 0.29) is 0 Å². The Kier molecular flexibility index (Phi) is 4.37. The van der Waals surface area contributed by atoms with Crippen LogP contribution in [0.5, 0.6) is 5.75 Å². The standard InChI is InChI=1S/C16H13ClO2/c1-12-7-9-14(17)15(11-12)19-16(18)10-8-13-5-3-2-4-6-13/h2-11H,1H3. The maximum atomic E-state index is 11.7. The predicted molar refractivity (Wildman–Crippen MR) is 77.3 cm³/mol. The molecule has 0 atom stereocenters. The van der Waals surface area contributed by atoms with Gasteiger partial charge in [0.15, 0.2) is 0 Å². The van der Waals surface area contributed by atoms with Gasteiger partial charge in [-0.25, -0.2) is 4.79 Å². The maximum absolute atomic E-state index is 11.7. The average molecular weight is 273 g/mol. The van der Waals surface area contributed by atoms with Gasteiger partial charge in [0.1, 0.15) is 5.75 Å². The van der Waals surface area contributed by atoms with Crippen molar-refractivity contribution in [3.8, 4) is 5.75 Å². The van der Waals surface area contributed by atoms with Crippen molar-refractivity contribution in [2.45, 2.75) is 6.92 Å². The molecule has 0 bridgehead atoms. The van der Waals surface area contributed by atoms with Gasteiger partial charge in [-0.15, -0.1) is 0 Å². The highest BCUT2D eigenvalue weighted by Crippen LogP contribution is 2.25. The second kappa shape index (κ2) is 6.21. The molecule has 96 valence electrons. The van der Waals surface area contributed by atoms with Crippen molar-refractivity contribution < 1.29 is 9.53 Å². The van der Waals surface area contributed by atoms with Gasteiger partial charge in [-0.1, -0.05) is 48.0 Å². The topological polar surface area (TPSA) is 26.3 Å². The van der Waals surface area contributed by atoms with Crippen LogP contribution >= 0.6 is 11.6 Å². The Bertz CT molecular complexity index is 603. The zero-order chi connectivity index (χ0) is 13.7. The molecule has 0 aliphatic carbocycles. The second-order valence-corrected chi connectivity index (χ2v) is 4.51. The Morgan fingerprint density at radius 2 is 1.89 bits per heavy atom. The first-order chi connectivity index (χ1) is 9.15. The molecule has 0 fully saturated rings. The molecule has 0 heterocycles. The summed E-state index contributed by atoms with van der Waals surface area (Å²) in [7, 11) is 0. The Morgan fingerprint density at radius 3 is 2.63 bits per heavy atom. The second-order valence-electron chi connectivity index (χ2n) is 4.10. The summed E-state index contributed by atoms with van der Waals surface area (Å²) >= 11 is 5.96. The fourth-order valence-electron chi connectivity index (χ4n) is 1.56. The Morgan fingerprint density at radius 1 is 1.16 bits per heavy atom. The van der Waals surface area contributed by atoms with E-state index < -0.39 is 5.97 Å². The van der Waals surface area contributed by atoms with E-state index in [1.165, 1.54) is 6.08 Å². The van der Waals surface area contributed by atoms with Crippen LogP contribution in [0, 0.1) is 6.92 Å². The number of carbonyl (C=O) groups excluding carboxylic acids is 1. The number of hydrogen-bond acceptors (Lipinski definition) is 2. The highest BCUT2D eigenvalue weighted by atomic mass is 35.5. The van der Waals surface area contributed by atoms with E-state index in [4.69, 9.17) is 16.3 Å². The van der Waals surface area contributed by atoms with Crippen LogP contribution in [-0.4, -0.2) is 5.97 Å². The molecule has 3 heteroatoms. The molecule has 0 spiro atoms. The largest absolute Gasteiger partial charge is 0.422 e. The molecule has 0 unspecified atom stereocenters. The molecule has 0 radical (unpaired) electrons. The molecule has 0 amide bonds. The lowest BCUT2D eigenvalue weighted by molar-refractivity contribution is -0.128. The molecule has 2 nitrogen and oxygen atoms in total. The van der Waals surface area contributed by atoms with Crippen LogP contribution in [0.15, 0.2) is 54.6 Å². The first kappa shape index (κ1) is 13.4. The first-order valence-corrected chi connectivity index (χ1v) is 6.24. The van der Waals surface area contributed by atoms with E-state index in [1.807, 2.05) is 43.3 Å². The summed E-state index contributed by atoms with van der Waals surface area (Å²) in [5, 5.41) is 0.423. The van der Waals surface area contributed by atoms with Crippen LogP contribution in [0.1, 0.15) is 11.1 Å².